The Kier molecular flexibility index (Phi) is 7.79. The Bertz CT molecular complexity index is 480. The molecule has 0 bridgehead atoms. The molecule has 0 heterocycles. The number of carbonyl (C=O) groups is 1. The summed E-state index contributed by atoms with van der Waals surface area (Å²) in [6, 6.07) is 4.42. The van der Waals surface area contributed by atoms with Crippen LogP contribution in [-0.2, 0) is 0 Å². The maximum Gasteiger partial charge on any atom is 0.269 e. The lowest BCUT2D eigenvalue weighted by Gasteiger charge is -2.13. The zero-order chi connectivity index (χ0) is 14.4. The molecule has 0 aromatic heterocycles. The number of amides is 1. The molecule has 0 aliphatic rings. The highest BCUT2D eigenvalue weighted by atomic mass is 35.5. The molecule has 112 valence electrons. The van der Waals surface area contributed by atoms with Crippen molar-refractivity contribution >= 4 is 24.0 Å². The molecule has 2 N–H and O–H groups in total. The summed E-state index contributed by atoms with van der Waals surface area (Å²) in [6.45, 7) is 7.03. The van der Waals surface area contributed by atoms with E-state index in [1.54, 1.807) is 6.92 Å². The number of benzene rings is 1. The molecule has 7 heteroatoms. The molecule has 0 aliphatic carbocycles. The van der Waals surface area contributed by atoms with E-state index in [2.05, 4.69) is 10.6 Å². The summed E-state index contributed by atoms with van der Waals surface area (Å²) in [5.41, 5.74) is 1.06. The summed E-state index contributed by atoms with van der Waals surface area (Å²) in [5.74, 6) is -0.211. The minimum absolute atomic E-state index is 0. The fourth-order valence-corrected chi connectivity index (χ4v) is 1.78. The van der Waals surface area contributed by atoms with Crippen LogP contribution in [0.5, 0.6) is 0 Å². The van der Waals surface area contributed by atoms with Crippen LogP contribution >= 0.6 is 12.4 Å². The smallest absolute Gasteiger partial charge is 0.269 e. The molecule has 1 aromatic rings. The zero-order valence-electron chi connectivity index (χ0n) is 11.8. The van der Waals surface area contributed by atoms with Gasteiger partial charge in [0.1, 0.15) is 0 Å². The van der Waals surface area contributed by atoms with Gasteiger partial charge in [0.25, 0.3) is 11.6 Å². The number of halogens is 1. The van der Waals surface area contributed by atoms with Gasteiger partial charge in [0.2, 0.25) is 0 Å². The van der Waals surface area contributed by atoms with Crippen molar-refractivity contribution in [3.8, 4) is 0 Å². The lowest BCUT2D eigenvalue weighted by atomic mass is 10.1. The van der Waals surface area contributed by atoms with Crippen molar-refractivity contribution in [1.29, 1.82) is 0 Å². The van der Waals surface area contributed by atoms with E-state index in [0.717, 1.165) is 6.54 Å². The van der Waals surface area contributed by atoms with Crippen LogP contribution in [0.25, 0.3) is 0 Å². The summed E-state index contributed by atoms with van der Waals surface area (Å²) in [6.07, 6.45) is 0. The van der Waals surface area contributed by atoms with Crippen molar-refractivity contribution in [2.24, 2.45) is 0 Å². The topological polar surface area (TPSA) is 84.3 Å². The minimum atomic E-state index is -0.470. The molecule has 6 nitrogen and oxygen atoms in total. The van der Waals surface area contributed by atoms with Gasteiger partial charge >= 0.3 is 0 Å². The summed E-state index contributed by atoms with van der Waals surface area (Å²) >= 11 is 0. The fraction of sp³-hybridized carbons (Fsp3) is 0.462. The van der Waals surface area contributed by atoms with Gasteiger partial charge in [-0.05, 0) is 32.0 Å². The van der Waals surface area contributed by atoms with Crippen LogP contribution in [0.2, 0.25) is 0 Å². The summed E-state index contributed by atoms with van der Waals surface area (Å²) in [5, 5.41) is 16.6. The minimum Gasteiger partial charge on any atom is -0.350 e. The number of carbonyl (C=O) groups excluding carboxylic acids is 1. The van der Waals surface area contributed by atoms with Crippen LogP contribution in [-0.4, -0.2) is 30.0 Å². The molecule has 0 saturated heterocycles. The quantitative estimate of drug-likeness (QED) is 0.622. The number of aryl methyl sites for hydroxylation is 1. The highest BCUT2D eigenvalue weighted by Crippen LogP contribution is 2.16. The molecule has 1 rings (SSSR count). The average molecular weight is 302 g/mol. The van der Waals surface area contributed by atoms with Crippen LogP contribution in [0.3, 0.4) is 0 Å². The average Bonchev–Trinajstić information content (AvgIpc) is 2.36. The van der Waals surface area contributed by atoms with Crippen LogP contribution in [0.4, 0.5) is 5.69 Å². The number of nitro groups is 1. The zero-order valence-corrected chi connectivity index (χ0v) is 12.6. The molecular weight excluding hydrogens is 282 g/mol. The largest absolute Gasteiger partial charge is 0.350 e. The van der Waals surface area contributed by atoms with Gasteiger partial charge in [0.05, 0.1) is 4.92 Å². The normalized spacial score (nSPS) is 11.3. The van der Waals surface area contributed by atoms with Crippen molar-refractivity contribution in [2.75, 3.05) is 13.1 Å². The van der Waals surface area contributed by atoms with Crippen molar-refractivity contribution in [1.82, 2.24) is 10.6 Å². The molecule has 0 unspecified atom stereocenters. The van der Waals surface area contributed by atoms with Gasteiger partial charge in [-0.2, -0.15) is 0 Å². The highest BCUT2D eigenvalue weighted by Gasteiger charge is 2.13. The Morgan fingerprint density at radius 1 is 1.45 bits per heavy atom. The summed E-state index contributed by atoms with van der Waals surface area (Å²) in [4.78, 5) is 22.1. The van der Waals surface area contributed by atoms with Gasteiger partial charge in [0, 0.05) is 30.3 Å². The molecule has 20 heavy (non-hydrogen) atoms. The molecule has 0 fully saturated rings. The molecule has 1 aromatic carbocycles. The van der Waals surface area contributed by atoms with E-state index in [9.17, 15) is 14.9 Å². The molecule has 0 spiro atoms. The Morgan fingerprint density at radius 3 is 2.60 bits per heavy atom. The maximum absolute atomic E-state index is 11.9. The van der Waals surface area contributed by atoms with Gasteiger partial charge in [-0.25, -0.2) is 0 Å². The van der Waals surface area contributed by atoms with Gasteiger partial charge in [-0.1, -0.05) is 6.92 Å². The second-order valence-electron chi connectivity index (χ2n) is 4.43. The first kappa shape index (κ1) is 18.3. The Balaban J connectivity index is 0.00000361. The number of hydrogen-bond acceptors (Lipinski definition) is 4. The number of nitrogens with zero attached hydrogens (tertiary/aromatic N) is 1. The third-order valence-electron chi connectivity index (χ3n) is 2.79. The van der Waals surface area contributed by atoms with E-state index in [0.29, 0.717) is 17.7 Å². The Labute approximate surface area is 124 Å². The van der Waals surface area contributed by atoms with Crippen LogP contribution < -0.4 is 10.6 Å². The predicted molar refractivity (Wildman–Crippen MR) is 80.6 cm³/mol. The van der Waals surface area contributed by atoms with E-state index in [1.807, 2.05) is 13.8 Å². The first-order valence-corrected chi connectivity index (χ1v) is 6.22. The first-order chi connectivity index (χ1) is 8.95. The second-order valence-corrected chi connectivity index (χ2v) is 4.43. The van der Waals surface area contributed by atoms with Crippen molar-refractivity contribution in [3.63, 3.8) is 0 Å². The highest BCUT2D eigenvalue weighted by molar-refractivity contribution is 5.95. The Hall–Kier alpha value is -1.66. The number of hydrogen-bond donors (Lipinski definition) is 2. The lowest BCUT2D eigenvalue weighted by Crippen LogP contribution is -2.38. The van der Waals surface area contributed by atoms with E-state index in [-0.39, 0.29) is 30.0 Å². The monoisotopic (exact) mass is 301 g/mol. The summed E-state index contributed by atoms with van der Waals surface area (Å²) < 4.78 is 0. The van der Waals surface area contributed by atoms with Gasteiger partial charge in [0.15, 0.2) is 0 Å². The number of non-ortho nitro benzene ring substituents is 1. The van der Waals surface area contributed by atoms with E-state index < -0.39 is 4.92 Å². The van der Waals surface area contributed by atoms with Crippen molar-refractivity contribution in [3.05, 3.63) is 39.4 Å². The maximum atomic E-state index is 11.9. The number of nitro benzene ring substituents is 1. The molecule has 0 aliphatic heterocycles. The predicted octanol–water partition coefficient (Wildman–Crippen LogP) is 2.05. The van der Waals surface area contributed by atoms with Crippen molar-refractivity contribution in [2.45, 2.75) is 26.8 Å². The number of rotatable bonds is 6. The summed E-state index contributed by atoms with van der Waals surface area (Å²) in [7, 11) is 0. The van der Waals surface area contributed by atoms with Crippen molar-refractivity contribution < 1.29 is 9.72 Å². The third kappa shape index (κ3) is 5.14. The van der Waals surface area contributed by atoms with E-state index in [1.165, 1.54) is 18.2 Å². The van der Waals surface area contributed by atoms with Crippen LogP contribution in [0.15, 0.2) is 18.2 Å². The standard InChI is InChI=1S/C13H19N3O3.ClH/c1-4-14-10(3)8-15-13(17)12-6-5-11(16(18)19)7-9(12)2;/h5-7,10,14H,4,8H2,1-3H3,(H,15,17);1H/t10-;/m1./s1. The molecule has 1 amide bonds. The number of nitrogens with one attached hydrogen (secondary N) is 2. The Morgan fingerprint density at radius 2 is 2.10 bits per heavy atom. The van der Waals surface area contributed by atoms with Gasteiger partial charge in [-0.3, -0.25) is 14.9 Å². The number of likely N-dealkylation sites (N-methyl/N-ethyl adjacent to an activating group) is 1. The SMILES string of the molecule is CCN[C@H](C)CNC(=O)c1ccc([N+](=O)[O-])cc1C.Cl. The van der Waals surface area contributed by atoms with E-state index in [4.69, 9.17) is 0 Å². The van der Waals surface area contributed by atoms with E-state index >= 15 is 0 Å². The molecule has 0 radical (unpaired) electrons. The fourth-order valence-electron chi connectivity index (χ4n) is 1.78. The van der Waals surface area contributed by atoms with Gasteiger partial charge < -0.3 is 10.6 Å². The van der Waals surface area contributed by atoms with Crippen LogP contribution in [0.1, 0.15) is 29.8 Å². The van der Waals surface area contributed by atoms with Gasteiger partial charge in [-0.15, -0.1) is 12.4 Å². The third-order valence-corrected chi connectivity index (χ3v) is 2.79. The molecular formula is C13H20ClN3O3. The molecule has 1 atom stereocenters. The lowest BCUT2D eigenvalue weighted by molar-refractivity contribution is -0.384. The molecule has 0 saturated carbocycles. The van der Waals surface area contributed by atoms with Crippen LogP contribution in [0, 0.1) is 17.0 Å². The second kappa shape index (κ2) is 8.50. The first-order valence-electron chi connectivity index (χ1n) is 6.22.